The maximum atomic E-state index is 12.0. The summed E-state index contributed by atoms with van der Waals surface area (Å²) in [6.45, 7) is 2.50. The Morgan fingerprint density at radius 3 is 2.40 bits per heavy atom. The summed E-state index contributed by atoms with van der Waals surface area (Å²) in [5.41, 5.74) is 2.04. The van der Waals surface area contributed by atoms with Gasteiger partial charge in [0, 0.05) is 19.6 Å². The smallest absolute Gasteiger partial charge is 0.323 e. The molecule has 0 atom stereocenters. The Morgan fingerprint density at radius 1 is 1.15 bits per heavy atom. The van der Waals surface area contributed by atoms with Gasteiger partial charge in [-0.3, -0.25) is 14.4 Å². The third-order valence-electron chi connectivity index (χ3n) is 3.35. The first-order chi connectivity index (χ1) is 9.49. The molecule has 1 fully saturated rings. The van der Waals surface area contributed by atoms with Gasteiger partial charge in [-0.05, 0) is 18.1 Å². The summed E-state index contributed by atoms with van der Waals surface area (Å²) in [6.07, 6.45) is 0. The maximum Gasteiger partial charge on any atom is 0.323 e. The van der Waals surface area contributed by atoms with Crippen molar-refractivity contribution in [2.75, 3.05) is 19.6 Å². The zero-order valence-electron chi connectivity index (χ0n) is 11.2. The predicted molar refractivity (Wildman–Crippen MR) is 70.8 cm³/mol. The molecule has 1 aliphatic heterocycles. The maximum absolute atomic E-state index is 12.0. The van der Waals surface area contributed by atoms with Crippen LogP contribution in [0.2, 0.25) is 0 Å². The van der Waals surface area contributed by atoms with E-state index < -0.39 is 24.3 Å². The number of hydrogen-bond acceptors (Lipinski definition) is 3. The minimum Gasteiger partial charge on any atom is -0.480 e. The van der Waals surface area contributed by atoms with E-state index in [1.54, 1.807) is 0 Å². The Balaban J connectivity index is 2.06. The number of nitrogens with zero attached hydrogens (tertiary/aromatic N) is 2. The normalized spacial score (nSPS) is 15.7. The number of piperazine rings is 1. The van der Waals surface area contributed by atoms with Crippen LogP contribution in [-0.4, -0.2) is 52.3 Å². The average Bonchev–Trinajstić information content (AvgIpc) is 2.40. The van der Waals surface area contributed by atoms with E-state index in [2.05, 4.69) is 0 Å². The van der Waals surface area contributed by atoms with Gasteiger partial charge in [0.1, 0.15) is 6.54 Å². The fourth-order valence-electron chi connectivity index (χ4n) is 2.17. The number of benzene rings is 1. The Hall–Kier alpha value is -2.37. The van der Waals surface area contributed by atoms with Crippen molar-refractivity contribution in [1.29, 1.82) is 0 Å². The first-order valence-electron chi connectivity index (χ1n) is 6.33. The molecule has 0 saturated carbocycles. The van der Waals surface area contributed by atoms with Crippen molar-refractivity contribution < 1.29 is 19.5 Å². The average molecular weight is 276 g/mol. The molecule has 20 heavy (non-hydrogen) atoms. The van der Waals surface area contributed by atoms with Crippen LogP contribution in [0.5, 0.6) is 0 Å². The van der Waals surface area contributed by atoms with Crippen molar-refractivity contribution in [3.8, 4) is 0 Å². The van der Waals surface area contributed by atoms with E-state index in [0.717, 1.165) is 16.0 Å². The lowest BCUT2D eigenvalue weighted by atomic mass is 10.1. The van der Waals surface area contributed by atoms with Crippen LogP contribution in [-0.2, 0) is 20.9 Å². The second kappa shape index (κ2) is 5.73. The van der Waals surface area contributed by atoms with Crippen molar-refractivity contribution in [3.63, 3.8) is 0 Å². The molecule has 2 rings (SSSR count). The summed E-state index contributed by atoms with van der Waals surface area (Å²) in [6, 6.07) is 7.66. The number of aliphatic carboxylic acids is 1. The van der Waals surface area contributed by atoms with E-state index in [1.807, 2.05) is 31.2 Å². The molecule has 0 aliphatic carbocycles. The van der Waals surface area contributed by atoms with Gasteiger partial charge in [-0.1, -0.05) is 24.3 Å². The summed E-state index contributed by atoms with van der Waals surface area (Å²) in [7, 11) is 0. The third kappa shape index (κ3) is 2.96. The summed E-state index contributed by atoms with van der Waals surface area (Å²) >= 11 is 0. The molecule has 1 aromatic carbocycles. The molecule has 0 bridgehead atoms. The van der Waals surface area contributed by atoms with E-state index in [4.69, 9.17) is 5.11 Å². The van der Waals surface area contributed by atoms with Gasteiger partial charge in [-0.2, -0.15) is 0 Å². The monoisotopic (exact) mass is 276 g/mol. The zero-order chi connectivity index (χ0) is 14.7. The van der Waals surface area contributed by atoms with Gasteiger partial charge in [0.15, 0.2) is 0 Å². The van der Waals surface area contributed by atoms with E-state index in [-0.39, 0.29) is 6.54 Å². The van der Waals surface area contributed by atoms with E-state index in [0.29, 0.717) is 13.1 Å². The SMILES string of the molecule is Cc1ccccc1CN1CCN(CC(=O)O)C(=O)C1=O. The molecular formula is C14H16N2O4. The first kappa shape index (κ1) is 14.0. The number of carboxylic acid groups (broad SMARTS) is 1. The number of rotatable bonds is 4. The minimum atomic E-state index is -1.11. The molecule has 6 heteroatoms. The lowest BCUT2D eigenvalue weighted by Crippen LogP contribution is -2.55. The van der Waals surface area contributed by atoms with Crippen LogP contribution < -0.4 is 0 Å². The summed E-state index contributed by atoms with van der Waals surface area (Å²) < 4.78 is 0. The molecule has 1 N–H and O–H groups in total. The molecule has 106 valence electrons. The predicted octanol–water partition coefficient (Wildman–Crippen LogP) is 0.250. The molecule has 2 amide bonds. The van der Waals surface area contributed by atoms with Crippen LogP contribution in [0.25, 0.3) is 0 Å². The number of aryl methyl sites for hydroxylation is 1. The Labute approximate surface area is 116 Å². The summed E-state index contributed by atoms with van der Waals surface area (Å²) in [5.74, 6) is -2.49. The van der Waals surface area contributed by atoms with E-state index in [1.165, 1.54) is 4.90 Å². The number of carbonyl (C=O) groups is 3. The molecule has 0 spiro atoms. The fourth-order valence-corrected chi connectivity index (χ4v) is 2.17. The molecule has 1 saturated heterocycles. The number of carbonyl (C=O) groups excluding carboxylic acids is 2. The van der Waals surface area contributed by atoms with Crippen LogP contribution in [0.1, 0.15) is 11.1 Å². The number of amides is 2. The van der Waals surface area contributed by atoms with Gasteiger partial charge in [0.2, 0.25) is 0 Å². The molecule has 0 radical (unpaired) electrons. The Kier molecular flexibility index (Phi) is 4.02. The molecular weight excluding hydrogens is 260 g/mol. The fraction of sp³-hybridized carbons (Fsp3) is 0.357. The lowest BCUT2D eigenvalue weighted by Gasteiger charge is -2.33. The highest BCUT2D eigenvalue weighted by Crippen LogP contribution is 2.13. The van der Waals surface area contributed by atoms with Crippen LogP contribution in [0.15, 0.2) is 24.3 Å². The standard InChI is InChI=1S/C14H16N2O4/c1-10-4-2-3-5-11(10)8-15-6-7-16(9-12(17)18)14(20)13(15)19/h2-5H,6-9H2,1H3,(H,17,18). The molecule has 1 aliphatic rings. The van der Waals surface area contributed by atoms with Crippen LogP contribution >= 0.6 is 0 Å². The Bertz CT molecular complexity index is 556. The van der Waals surface area contributed by atoms with Gasteiger partial charge in [0.25, 0.3) is 0 Å². The van der Waals surface area contributed by atoms with Gasteiger partial charge < -0.3 is 14.9 Å². The van der Waals surface area contributed by atoms with Crippen LogP contribution in [0, 0.1) is 6.92 Å². The van der Waals surface area contributed by atoms with Gasteiger partial charge in [-0.25, -0.2) is 0 Å². The quantitative estimate of drug-likeness (QED) is 0.800. The van der Waals surface area contributed by atoms with Crippen LogP contribution in [0.4, 0.5) is 0 Å². The summed E-state index contributed by atoms with van der Waals surface area (Å²) in [5, 5.41) is 8.69. The van der Waals surface area contributed by atoms with Gasteiger partial charge in [-0.15, -0.1) is 0 Å². The highest BCUT2D eigenvalue weighted by Gasteiger charge is 2.33. The molecule has 1 aromatic rings. The largest absolute Gasteiger partial charge is 0.480 e. The molecule has 0 unspecified atom stereocenters. The van der Waals surface area contributed by atoms with Crippen molar-refractivity contribution >= 4 is 17.8 Å². The zero-order valence-corrected chi connectivity index (χ0v) is 11.2. The van der Waals surface area contributed by atoms with Crippen molar-refractivity contribution in [2.24, 2.45) is 0 Å². The van der Waals surface area contributed by atoms with Crippen molar-refractivity contribution in [3.05, 3.63) is 35.4 Å². The minimum absolute atomic E-state index is 0.253. The number of carboxylic acids is 1. The molecule has 1 heterocycles. The highest BCUT2D eigenvalue weighted by molar-refractivity contribution is 6.35. The van der Waals surface area contributed by atoms with Gasteiger partial charge >= 0.3 is 17.8 Å². The summed E-state index contributed by atoms with van der Waals surface area (Å²) in [4.78, 5) is 36.9. The van der Waals surface area contributed by atoms with Gasteiger partial charge in [0.05, 0.1) is 0 Å². The van der Waals surface area contributed by atoms with Crippen molar-refractivity contribution in [1.82, 2.24) is 9.80 Å². The van der Waals surface area contributed by atoms with E-state index >= 15 is 0 Å². The van der Waals surface area contributed by atoms with E-state index in [9.17, 15) is 14.4 Å². The van der Waals surface area contributed by atoms with Crippen LogP contribution in [0.3, 0.4) is 0 Å². The molecule has 6 nitrogen and oxygen atoms in total. The first-order valence-corrected chi connectivity index (χ1v) is 6.33. The second-order valence-electron chi connectivity index (χ2n) is 4.77. The number of hydrogen-bond donors (Lipinski definition) is 1. The topological polar surface area (TPSA) is 77.9 Å². The Morgan fingerprint density at radius 2 is 1.75 bits per heavy atom. The van der Waals surface area contributed by atoms with Crippen molar-refractivity contribution in [2.45, 2.75) is 13.5 Å². The lowest BCUT2D eigenvalue weighted by molar-refractivity contribution is -0.159. The second-order valence-corrected chi connectivity index (χ2v) is 4.77. The molecule has 0 aromatic heterocycles. The highest BCUT2D eigenvalue weighted by atomic mass is 16.4. The third-order valence-corrected chi connectivity index (χ3v) is 3.35.